The molecular weight excluding hydrogens is 287 g/mol. The molecule has 0 N–H and O–H groups in total. The predicted octanol–water partition coefficient (Wildman–Crippen LogP) is 3.91. The van der Waals surface area contributed by atoms with E-state index in [0.29, 0.717) is 24.3 Å². The molecule has 0 atom stereocenters. The molecule has 0 aromatic heterocycles. The topological polar surface area (TPSA) is 18.5 Å². The number of hydrogen-bond acceptors (Lipinski definition) is 2. The molecule has 1 rings (SSSR count). The third kappa shape index (κ3) is 5.04. The van der Waals surface area contributed by atoms with E-state index in [1.54, 1.807) is 6.07 Å². The highest BCUT2D eigenvalue weighted by atomic mass is 79.9. The first kappa shape index (κ1) is 14.5. The van der Waals surface area contributed by atoms with Crippen molar-refractivity contribution in [2.75, 3.05) is 13.2 Å². The maximum absolute atomic E-state index is 13.5. The third-order valence-electron chi connectivity index (χ3n) is 2.06. The Morgan fingerprint density at radius 3 is 2.53 bits per heavy atom. The quantitative estimate of drug-likeness (QED) is 0.606. The Labute approximate surface area is 110 Å². The van der Waals surface area contributed by atoms with Gasteiger partial charge in [0, 0.05) is 10.9 Å². The zero-order valence-electron chi connectivity index (χ0n) is 10.4. The van der Waals surface area contributed by atoms with Crippen LogP contribution < -0.4 is 4.74 Å². The molecule has 17 heavy (non-hydrogen) atoms. The second-order valence-electron chi connectivity index (χ2n) is 4.67. The second kappa shape index (κ2) is 6.36. The first-order chi connectivity index (χ1) is 7.94. The number of benzene rings is 1. The largest absolute Gasteiger partial charge is 0.488 e. The average molecular weight is 305 g/mol. The molecule has 0 unspecified atom stereocenters. The average Bonchev–Trinajstić information content (AvgIpc) is 2.24. The van der Waals surface area contributed by atoms with Gasteiger partial charge < -0.3 is 9.47 Å². The normalized spacial score (nSPS) is 11.6. The minimum absolute atomic E-state index is 0.198. The van der Waals surface area contributed by atoms with E-state index in [2.05, 4.69) is 15.9 Å². The van der Waals surface area contributed by atoms with E-state index < -0.39 is 0 Å². The van der Waals surface area contributed by atoms with Crippen LogP contribution in [0.25, 0.3) is 0 Å². The van der Waals surface area contributed by atoms with E-state index in [1.807, 2.05) is 26.8 Å². The van der Waals surface area contributed by atoms with Crippen LogP contribution in [0.1, 0.15) is 26.3 Å². The second-order valence-corrected chi connectivity index (χ2v) is 5.23. The summed E-state index contributed by atoms with van der Waals surface area (Å²) in [6.07, 6.45) is 0. The molecule has 0 spiro atoms. The lowest BCUT2D eigenvalue weighted by Crippen LogP contribution is -2.22. The lowest BCUT2D eigenvalue weighted by Gasteiger charge is -2.20. The van der Waals surface area contributed by atoms with E-state index in [9.17, 15) is 4.39 Å². The van der Waals surface area contributed by atoms with Gasteiger partial charge in [-0.15, -0.1) is 0 Å². The fourth-order valence-electron chi connectivity index (χ4n) is 1.31. The first-order valence-electron chi connectivity index (χ1n) is 5.54. The van der Waals surface area contributed by atoms with Gasteiger partial charge in [0.25, 0.3) is 0 Å². The van der Waals surface area contributed by atoms with Crippen molar-refractivity contribution in [3.63, 3.8) is 0 Å². The van der Waals surface area contributed by atoms with Gasteiger partial charge in [0.05, 0.1) is 12.2 Å². The monoisotopic (exact) mass is 304 g/mol. The summed E-state index contributed by atoms with van der Waals surface area (Å²) in [5, 5.41) is 0.570. The molecule has 0 aliphatic heterocycles. The number of halogens is 2. The molecule has 0 saturated carbocycles. The van der Waals surface area contributed by atoms with Crippen LogP contribution in [0.4, 0.5) is 4.39 Å². The van der Waals surface area contributed by atoms with Gasteiger partial charge in [-0.3, -0.25) is 0 Å². The molecule has 96 valence electrons. The van der Waals surface area contributed by atoms with Crippen molar-refractivity contribution in [1.29, 1.82) is 0 Å². The Morgan fingerprint density at radius 2 is 1.94 bits per heavy atom. The molecule has 1 aromatic rings. The molecular formula is C13H18BrFO2. The fraction of sp³-hybridized carbons (Fsp3) is 0.538. The standard InChI is InChI=1S/C13H18BrFO2/c1-13(2,3)17-8-7-16-12-10(9-14)5-4-6-11(12)15/h4-6H,7-9H2,1-3H3. The van der Waals surface area contributed by atoms with Crippen LogP contribution in [-0.2, 0) is 10.1 Å². The summed E-state index contributed by atoms with van der Waals surface area (Å²) in [7, 11) is 0. The van der Waals surface area contributed by atoms with Crippen molar-refractivity contribution in [2.45, 2.75) is 31.7 Å². The van der Waals surface area contributed by atoms with E-state index in [0.717, 1.165) is 5.56 Å². The van der Waals surface area contributed by atoms with Gasteiger partial charge in [-0.1, -0.05) is 28.1 Å². The molecule has 0 aliphatic rings. The molecule has 0 aliphatic carbocycles. The number of alkyl halides is 1. The molecule has 0 amide bonds. The van der Waals surface area contributed by atoms with Gasteiger partial charge in [0.2, 0.25) is 0 Å². The van der Waals surface area contributed by atoms with Gasteiger partial charge in [-0.25, -0.2) is 4.39 Å². The summed E-state index contributed by atoms with van der Waals surface area (Å²) in [6, 6.07) is 4.90. The molecule has 1 aromatic carbocycles. The molecule has 2 nitrogen and oxygen atoms in total. The van der Waals surface area contributed by atoms with E-state index in [1.165, 1.54) is 6.07 Å². The Bertz CT molecular complexity index is 361. The van der Waals surface area contributed by atoms with Crippen molar-refractivity contribution < 1.29 is 13.9 Å². The maximum atomic E-state index is 13.5. The summed E-state index contributed by atoms with van der Waals surface area (Å²) in [4.78, 5) is 0. The summed E-state index contributed by atoms with van der Waals surface area (Å²) in [5.74, 6) is -0.0282. The summed E-state index contributed by atoms with van der Waals surface area (Å²) < 4.78 is 24.4. The Balaban J connectivity index is 2.52. The van der Waals surface area contributed by atoms with E-state index >= 15 is 0 Å². The number of ether oxygens (including phenoxy) is 2. The van der Waals surface area contributed by atoms with Crippen LogP contribution in [0, 0.1) is 5.82 Å². The van der Waals surface area contributed by atoms with Crippen LogP contribution in [-0.4, -0.2) is 18.8 Å². The fourth-order valence-corrected chi connectivity index (χ4v) is 1.75. The Hall–Kier alpha value is -0.610. The van der Waals surface area contributed by atoms with Crippen molar-refractivity contribution in [2.24, 2.45) is 0 Å². The summed E-state index contributed by atoms with van der Waals surface area (Å²) >= 11 is 3.31. The molecule has 0 heterocycles. The highest BCUT2D eigenvalue weighted by Gasteiger charge is 2.11. The molecule has 4 heteroatoms. The highest BCUT2D eigenvalue weighted by Crippen LogP contribution is 2.24. The van der Waals surface area contributed by atoms with Gasteiger partial charge in [-0.2, -0.15) is 0 Å². The molecule has 0 saturated heterocycles. The molecule has 0 bridgehead atoms. The van der Waals surface area contributed by atoms with E-state index in [4.69, 9.17) is 9.47 Å². The predicted molar refractivity (Wildman–Crippen MR) is 70.2 cm³/mol. The van der Waals surface area contributed by atoms with Crippen LogP contribution >= 0.6 is 15.9 Å². The number of para-hydroxylation sites is 1. The number of hydrogen-bond donors (Lipinski definition) is 0. The minimum Gasteiger partial charge on any atom is -0.488 e. The van der Waals surface area contributed by atoms with Gasteiger partial charge in [0.15, 0.2) is 11.6 Å². The maximum Gasteiger partial charge on any atom is 0.165 e. The first-order valence-corrected chi connectivity index (χ1v) is 6.66. The molecule has 0 fully saturated rings. The van der Waals surface area contributed by atoms with Crippen LogP contribution in [0.2, 0.25) is 0 Å². The zero-order chi connectivity index (χ0) is 12.9. The van der Waals surface area contributed by atoms with Crippen molar-refractivity contribution in [1.82, 2.24) is 0 Å². The Morgan fingerprint density at radius 1 is 1.24 bits per heavy atom. The van der Waals surface area contributed by atoms with Crippen LogP contribution in [0.15, 0.2) is 18.2 Å². The summed E-state index contributed by atoms with van der Waals surface area (Å²) in [5.41, 5.74) is 0.609. The van der Waals surface area contributed by atoms with Crippen LogP contribution in [0.3, 0.4) is 0 Å². The SMILES string of the molecule is CC(C)(C)OCCOc1c(F)cccc1CBr. The summed E-state index contributed by atoms with van der Waals surface area (Å²) in [6.45, 7) is 6.71. The van der Waals surface area contributed by atoms with Gasteiger partial charge in [-0.05, 0) is 26.8 Å². The van der Waals surface area contributed by atoms with E-state index in [-0.39, 0.29) is 11.4 Å². The minimum atomic E-state index is -0.335. The van der Waals surface area contributed by atoms with Gasteiger partial charge >= 0.3 is 0 Å². The van der Waals surface area contributed by atoms with Crippen molar-refractivity contribution >= 4 is 15.9 Å². The molecule has 0 radical (unpaired) electrons. The highest BCUT2D eigenvalue weighted by molar-refractivity contribution is 9.08. The van der Waals surface area contributed by atoms with Gasteiger partial charge in [0.1, 0.15) is 6.61 Å². The van der Waals surface area contributed by atoms with Crippen molar-refractivity contribution in [3.05, 3.63) is 29.6 Å². The number of rotatable bonds is 5. The Kier molecular flexibility index (Phi) is 5.40. The zero-order valence-corrected chi connectivity index (χ0v) is 12.0. The van der Waals surface area contributed by atoms with Crippen LogP contribution in [0.5, 0.6) is 5.75 Å². The smallest absolute Gasteiger partial charge is 0.165 e. The third-order valence-corrected chi connectivity index (χ3v) is 2.66. The lowest BCUT2D eigenvalue weighted by atomic mass is 10.2. The van der Waals surface area contributed by atoms with Crippen molar-refractivity contribution in [3.8, 4) is 5.75 Å². The lowest BCUT2D eigenvalue weighted by molar-refractivity contribution is -0.0167.